The van der Waals surface area contributed by atoms with Gasteiger partial charge in [0.2, 0.25) is 5.13 Å². The number of fused-ring (bicyclic) bond motifs is 2. The summed E-state index contributed by atoms with van der Waals surface area (Å²) < 4.78 is 6.90. The van der Waals surface area contributed by atoms with Crippen molar-refractivity contribution in [2.24, 2.45) is 10.2 Å². The zero-order valence-electron chi connectivity index (χ0n) is 24.6. The van der Waals surface area contributed by atoms with Crippen LogP contribution in [0.2, 0.25) is 0 Å². The standard InChI is InChI=1S/C34H39N5OS2/c1-3-5-7-9-18-39-19-17-26-21-28(13-16-31(26)39)37-38-34-36-33-32(42-34)23-30(41-33)22-27(24-35)25-11-14-29(15-12-25)40-20-10-8-6-4-2/h11-16,21-23H,3-10,17-20H2,1-2H3/b27-22+,38-37?. The van der Waals surface area contributed by atoms with Crippen LogP contribution in [0.25, 0.3) is 21.2 Å². The van der Waals surface area contributed by atoms with Gasteiger partial charge in [-0.25, -0.2) is 4.98 Å². The van der Waals surface area contributed by atoms with E-state index in [4.69, 9.17) is 4.74 Å². The van der Waals surface area contributed by atoms with Gasteiger partial charge in [-0.2, -0.15) is 5.26 Å². The molecule has 5 rings (SSSR count). The van der Waals surface area contributed by atoms with Crippen LogP contribution < -0.4 is 9.64 Å². The van der Waals surface area contributed by atoms with Crippen LogP contribution in [-0.4, -0.2) is 24.7 Å². The van der Waals surface area contributed by atoms with Crippen molar-refractivity contribution in [3.05, 3.63) is 64.5 Å². The number of ether oxygens (including phenoxy) is 1. The zero-order chi connectivity index (χ0) is 29.1. The summed E-state index contributed by atoms with van der Waals surface area (Å²) in [5, 5.41) is 19.4. The first kappa shape index (κ1) is 29.9. The maximum absolute atomic E-state index is 9.82. The monoisotopic (exact) mass is 597 g/mol. The van der Waals surface area contributed by atoms with Crippen LogP contribution in [0.3, 0.4) is 0 Å². The molecule has 0 unspecified atom stereocenters. The molecule has 8 heteroatoms. The van der Waals surface area contributed by atoms with Gasteiger partial charge >= 0.3 is 0 Å². The Morgan fingerprint density at radius 1 is 0.976 bits per heavy atom. The lowest BCUT2D eigenvalue weighted by molar-refractivity contribution is 0.305. The zero-order valence-corrected chi connectivity index (χ0v) is 26.3. The Balaban J connectivity index is 1.19. The number of hydrogen-bond acceptors (Lipinski definition) is 8. The third-order valence-electron chi connectivity index (χ3n) is 7.52. The quantitative estimate of drug-likeness (QED) is 0.0776. The molecule has 2 aromatic carbocycles. The highest BCUT2D eigenvalue weighted by Gasteiger charge is 2.19. The number of azo groups is 1. The van der Waals surface area contributed by atoms with Crippen molar-refractivity contribution in [2.75, 3.05) is 24.6 Å². The van der Waals surface area contributed by atoms with Crippen LogP contribution in [0.15, 0.2) is 58.8 Å². The molecule has 0 spiro atoms. The molecule has 0 bridgehead atoms. The first-order valence-corrected chi connectivity index (χ1v) is 16.8. The number of nitrogens with zero attached hydrogens (tertiary/aromatic N) is 5. The molecule has 1 aliphatic rings. The first-order valence-electron chi connectivity index (χ1n) is 15.2. The van der Waals surface area contributed by atoms with Gasteiger partial charge in [-0.1, -0.05) is 63.7 Å². The highest BCUT2D eigenvalue weighted by molar-refractivity contribution is 7.29. The first-order chi connectivity index (χ1) is 20.7. The van der Waals surface area contributed by atoms with E-state index >= 15 is 0 Å². The summed E-state index contributed by atoms with van der Waals surface area (Å²) >= 11 is 3.09. The minimum absolute atomic E-state index is 0.620. The van der Waals surface area contributed by atoms with E-state index in [9.17, 15) is 5.26 Å². The summed E-state index contributed by atoms with van der Waals surface area (Å²) in [7, 11) is 0. The summed E-state index contributed by atoms with van der Waals surface area (Å²) in [5.74, 6) is 0.842. The number of unbranched alkanes of at least 4 members (excludes halogenated alkanes) is 6. The Bertz CT molecular complexity index is 1530. The maximum Gasteiger partial charge on any atom is 0.231 e. The Labute approximate surface area is 257 Å². The SMILES string of the molecule is CCCCCCOc1ccc(/C(C#N)=C/c2cc3sc(N=Nc4ccc5c(c4)CCN5CCCCCC)nc3s2)cc1. The summed E-state index contributed by atoms with van der Waals surface area (Å²) in [6.07, 6.45) is 12.9. The topological polar surface area (TPSA) is 73.9 Å². The van der Waals surface area contributed by atoms with Gasteiger partial charge < -0.3 is 9.64 Å². The van der Waals surface area contributed by atoms with Gasteiger partial charge in [0.15, 0.2) is 0 Å². The van der Waals surface area contributed by atoms with E-state index in [0.717, 1.165) is 63.9 Å². The van der Waals surface area contributed by atoms with Gasteiger partial charge in [0.1, 0.15) is 10.6 Å². The number of thiophene rings is 1. The lowest BCUT2D eigenvalue weighted by Gasteiger charge is -2.19. The Kier molecular flexibility index (Phi) is 10.7. The summed E-state index contributed by atoms with van der Waals surface area (Å²) in [4.78, 5) is 9.10. The minimum Gasteiger partial charge on any atom is -0.494 e. The number of benzene rings is 2. The average Bonchev–Trinajstić information content (AvgIpc) is 3.70. The van der Waals surface area contributed by atoms with Crippen molar-refractivity contribution in [3.8, 4) is 11.8 Å². The molecular weight excluding hydrogens is 559 g/mol. The van der Waals surface area contributed by atoms with E-state index in [-0.39, 0.29) is 0 Å². The van der Waals surface area contributed by atoms with E-state index in [0.29, 0.717) is 10.7 Å². The fraction of sp³-hybridized carbons (Fsp3) is 0.412. The highest BCUT2D eigenvalue weighted by atomic mass is 32.1. The Morgan fingerprint density at radius 3 is 2.55 bits per heavy atom. The van der Waals surface area contributed by atoms with Crippen LogP contribution in [0, 0.1) is 11.3 Å². The second-order valence-corrected chi connectivity index (χ2v) is 12.8. The molecule has 0 radical (unpaired) electrons. The second kappa shape index (κ2) is 15.1. The van der Waals surface area contributed by atoms with E-state index in [1.165, 1.54) is 67.5 Å². The second-order valence-electron chi connectivity index (χ2n) is 10.7. The third kappa shape index (κ3) is 7.84. The van der Waals surface area contributed by atoms with Gasteiger partial charge in [0.25, 0.3) is 0 Å². The molecule has 0 saturated carbocycles. The van der Waals surface area contributed by atoms with Crippen LogP contribution in [-0.2, 0) is 6.42 Å². The molecule has 0 fully saturated rings. The van der Waals surface area contributed by atoms with Gasteiger partial charge in [-0.05, 0) is 85.0 Å². The summed E-state index contributed by atoms with van der Waals surface area (Å²) in [5.41, 5.74) is 5.07. The normalized spacial score (nSPS) is 13.3. The van der Waals surface area contributed by atoms with Crippen molar-refractivity contribution in [1.29, 1.82) is 5.26 Å². The Morgan fingerprint density at radius 2 is 1.79 bits per heavy atom. The largest absolute Gasteiger partial charge is 0.494 e. The number of nitriles is 1. The average molecular weight is 598 g/mol. The molecule has 1 aliphatic heterocycles. The van der Waals surface area contributed by atoms with Crippen molar-refractivity contribution in [3.63, 3.8) is 0 Å². The van der Waals surface area contributed by atoms with Gasteiger partial charge in [-0.3, -0.25) is 0 Å². The van der Waals surface area contributed by atoms with Crippen LogP contribution in [0.5, 0.6) is 5.75 Å². The van der Waals surface area contributed by atoms with E-state index in [1.54, 1.807) is 11.3 Å². The lowest BCUT2D eigenvalue weighted by Crippen LogP contribution is -2.21. The number of thiazole rings is 1. The van der Waals surface area contributed by atoms with Crippen LogP contribution in [0.1, 0.15) is 81.2 Å². The molecule has 0 saturated heterocycles. The Hall–Kier alpha value is -3.54. The van der Waals surface area contributed by atoms with Gasteiger partial charge in [0, 0.05) is 23.7 Å². The molecule has 0 amide bonds. The van der Waals surface area contributed by atoms with Crippen LogP contribution >= 0.6 is 22.7 Å². The molecule has 3 heterocycles. The number of rotatable bonds is 15. The van der Waals surface area contributed by atoms with E-state index in [2.05, 4.69) is 64.3 Å². The molecule has 42 heavy (non-hydrogen) atoms. The van der Waals surface area contributed by atoms with Crippen molar-refractivity contribution >= 4 is 60.4 Å². The van der Waals surface area contributed by atoms with E-state index in [1.807, 2.05) is 30.3 Å². The van der Waals surface area contributed by atoms with Gasteiger partial charge in [0.05, 0.1) is 28.6 Å². The van der Waals surface area contributed by atoms with Crippen LogP contribution in [0.4, 0.5) is 16.5 Å². The molecule has 2 aromatic heterocycles. The van der Waals surface area contributed by atoms with E-state index < -0.39 is 0 Å². The third-order valence-corrected chi connectivity index (χ3v) is 9.52. The molecule has 0 atom stereocenters. The molecule has 218 valence electrons. The van der Waals surface area contributed by atoms with Crippen molar-refractivity contribution in [1.82, 2.24) is 4.98 Å². The smallest absolute Gasteiger partial charge is 0.231 e. The molecule has 4 aromatic rings. The predicted octanol–water partition coefficient (Wildman–Crippen LogP) is 10.7. The number of hydrogen-bond donors (Lipinski definition) is 0. The minimum atomic E-state index is 0.620. The lowest BCUT2D eigenvalue weighted by atomic mass is 10.1. The summed E-state index contributed by atoms with van der Waals surface area (Å²) in [6.45, 7) is 7.42. The fourth-order valence-electron chi connectivity index (χ4n) is 5.21. The molecular formula is C34H39N5OS2. The maximum atomic E-state index is 9.82. The van der Waals surface area contributed by atoms with Gasteiger partial charge in [-0.15, -0.1) is 21.6 Å². The summed E-state index contributed by atoms with van der Waals surface area (Å²) in [6, 6.07) is 18.6. The molecule has 0 N–H and O–H groups in total. The number of aromatic nitrogens is 1. The van der Waals surface area contributed by atoms with Crippen molar-refractivity contribution < 1.29 is 4.74 Å². The van der Waals surface area contributed by atoms with Crippen molar-refractivity contribution in [2.45, 2.75) is 71.6 Å². The molecule has 6 nitrogen and oxygen atoms in total. The molecule has 0 aliphatic carbocycles. The fourth-order valence-corrected chi connectivity index (χ4v) is 7.19. The highest BCUT2D eigenvalue weighted by Crippen LogP contribution is 2.37. The number of allylic oxidation sites excluding steroid dienone is 1. The predicted molar refractivity (Wildman–Crippen MR) is 178 cm³/mol. The number of anilines is 1.